The quantitative estimate of drug-likeness (QED) is 0.462. The van der Waals surface area contributed by atoms with Crippen LogP contribution in [0.5, 0.6) is 0 Å². The van der Waals surface area contributed by atoms with Crippen LogP contribution < -0.4 is 0 Å². The van der Waals surface area contributed by atoms with Gasteiger partial charge in [0, 0.05) is 12.2 Å². The van der Waals surface area contributed by atoms with E-state index in [2.05, 4.69) is 0 Å². The molecule has 6 nitrogen and oxygen atoms in total. The van der Waals surface area contributed by atoms with Gasteiger partial charge in [-0.15, -0.1) is 12.4 Å². The van der Waals surface area contributed by atoms with E-state index < -0.39 is 16.8 Å². The number of rotatable bonds is 3. The molecule has 0 aromatic rings. The third-order valence-electron chi connectivity index (χ3n) is 1.85. The SMILES string of the molecule is CCOC(=O)C1C=CC([N+](=O)[O-])=CC1=N.Cl. The molecular weight excluding hydrogens is 236 g/mol. The Bertz CT molecular complexity index is 376. The zero-order valence-electron chi connectivity index (χ0n) is 8.50. The van der Waals surface area contributed by atoms with Crippen LogP contribution in [-0.4, -0.2) is 23.2 Å². The molecule has 1 atom stereocenters. The minimum atomic E-state index is -0.825. The van der Waals surface area contributed by atoms with E-state index in [-0.39, 0.29) is 30.4 Å². The molecule has 0 saturated heterocycles. The molecule has 7 heteroatoms. The molecule has 0 spiro atoms. The van der Waals surface area contributed by atoms with Crippen molar-refractivity contribution >= 4 is 24.1 Å². The van der Waals surface area contributed by atoms with Crippen molar-refractivity contribution in [1.29, 1.82) is 5.41 Å². The van der Waals surface area contributed by atoms with E-state index in [9.17, 15) is 14.9 Å². The van der Waals surface area contributed by atoms with Gasteiger partial charge in [-0.25, -0.2) is 0 Å². The van der Waals surface area contributed by atoms with Gasteiger partial charge < -0.3 is 10.1 Å². The van der Waals surface area contributed by atoms with Gasteiger partial charge in [0.05, 0.1) is 17.2 Å². The van der Waals surface area contributed by atoms with Gasteiger partial charge >= 0.3 is 5.97 Å². The van der Waals surface area contributed by atoms with Crippen molar-refractivity contribution in [2.45, 2.75) is 6.92 Å². The fourth-order valence-electron chi connectivity index (χ4n) is 1.15. The molecule has 0 aromatic carbocycles. The Morgan fingerprint density at radius 3 is 2.75 bits per heavy atom. The second-order valence-corrected chi connectivity index (χ2v) is 2.87. The number of nitro groups is 1. The van der Waals surface area contributed by atoms with Crippen LogP contribution in [0.25, 0.3) is 0 Å². The van der Waals surface area contributed by atoms with Gasteiger partial charge in [-0.05, 0) is 6.92 Å². The van der Waals surface area contributed by atoms with Crippen molar-refractivity contribution in [3.05, 3.63) is 34.0 Å². The molecule has 1 aliphatic carbocycles. The lowest BCUT2D eigenvalue weighted by atomic mass is 9.97. The lowest BCUT2D eigenvalue weighted by molar-refractivity contribution is -0.419. The zero-order valence-corrected chi connectivity index (χ0v) is 9.32. The maximum absolute atomic E-state index is 11.3. The number of esters is 1. The van der Waals surface area contributed by atoms with Crippen LogP contribution in [0.15, 0.2) is 23.9 Å². The summed E-state index contributed by atoms with van der Waals surface area (Å²) in [5.74, 6) is -1.38. The molecule has 0 heterocycles. The maximum Gasteiger partial charge on any atom is 0.318 e. The normalized spacial score (nSPS) is 18.4. The van der Waals surface area contributed by atoms with Crippen molar-refractivity contribution in [3.63, 3.8) is 0 Å². The molecule has 0 fully saturated rings. The summed E-state index contributed by atoms with van der Waals surface area (Å²) in [5.41, 5.74) is -0.316. The van der Waals surface area contributed by atoms with Crippen LogP contribution in [0.2, 0.25) is 0 Å². The van der Waals surface area contributed by atoms with E-state index in [4.69, 9.17) is 10.1 Å². The molecule has 1 aliphatic rings. The fraction of sp³-hybridized carbons (Fsp3) is 0.333. The molecule has 0 aliphatic heterocycles. The number of carbonyl (C=O) groups excluding carboxylic acids is 1. The van der Waals surface area contributed by atoms with Gasteiger partial charge in [0.1, 0.15) is 5.92 Å². The summed E-state index contributed by atoms with van der Waals surface area (Å²) in [6.07, 6.45) is 3.57. The first-order valence-electron chi connectivity index (χ1n) is 4.35. The van der Waals surface area contributed by atoms with E-state index in [0.29, 0.717) is 0 Å². The number of halogens is 1. The van der Waals surface area contributed by atoms with Crippen molar-refractivity contribution in [1.82, 2.24) is 0 Å². The Kier molecular flexibility index (Phi) is 5.38. The Balaban J connectivity index is 0.00000225. The molecule has 0 saturated carbocycles. The summed E-state index contributed by atoms with van der Waals surface area (Å²) in [6.45, 7) is 1.88. The number of ether oxygens (including phenoxy) is 1. The highest BCUT2D eigenvalue weighted by atomic mass is 35.5. The predicted molar refractivity (Wildman–Crippen MR) is 59.3 cm³/mol. The van der Waals surface area contributed by atoms with Gasteiger partial charge in [-0.2, -0.15) is 0 Å². The average molecular weight is 247 g/mol. The summed E-state index contributed by atoms with van der Waals surface area (Å²) in [5, 5.41) is 17.8. The first-order chi connectivity index (χ1) is 7.06. The van der Waals surface area contributed by atoms with Crippen LogP contribution >= 0.6 is 12.4 Å². The second kappa shape index (κ2) is 6.02. The lowest BCUT2D eigenvalue weighted by Gasteiger charge is -2.12. The Morgan fingerprint density at radius 1 is 1.69 bits per heavy atom. The summed E-state index contributed by atoms with van der Waals surface area (Å²) >= 11 is 0. The molecule has 0 bridgehead atoms. The van der Waals surface area contributed by atoms with Crippen LogP contribution in [0.4, 0.5) is 0 Å². The van der Waals surface area contributed by atoms with Crippen molar-refractivity contribution in [3.8, 4) is 0 Å². The summed E-state index contributed by atoms with van der Waals surface area (Å²) < 4.78 is 4.72. The number of hydrogen-bond acceptors (Lipinski definition) is 5. The molecule has 16 heavy (non-hydrogen) atoms. The molecule has 0 aromatic heterocycles. The number of nitrogens with zero attached hydrogens (tertiary/aromatic N) is 1. The van der Waals surface area contributed by atoms with Crippen LogP contribution in [-0.2, 0) is 9.53 Å². The minimum absolute atomic E-state index is 0. The lowest BCUT2D eigenvalue weighted by Crippen LogP contribution is -2.25. The third kappa shape index (κ3) is 3.16. The highest BCUT2D eigenvalue weighted by Gasteiger charge is 2.26. The second-order valence-electron chi connectivity index (χ2n) is 2.87. The maximum atomic E-state index is 11.3. The fourth-order valence-corrected chi connectivity index (χ4v) is 1.15. The first-order valence-corrected chi connectivity index (χ1v) is 4.35. The van der Waals surface area contributed by atoms with E-state index in [0.717, 1.165) is 6.08 Å². The van der Waals surface area contributed by atoms with Gasteiger partial charge in [0.25, 0.3) is 5.70 Å². The number of hydrogen-bond donors (Lipinski definition) is 1. The van der Waals surface area contributed by atoms with Gasteiger partial charge in [-0.1, -0.05) is 6.08 Å². The van der Waals surface area contributed by atoms with E-state index in [1.807, 2.05) is 0 Å². The highest BCUT2D eigenvalue weighted by Crippen LogP contribution is 2.15. The summed E-state index contributed by atoms with van der Waals surface area (Å²) in [7, 11) is 0. The van der Waals surface area contributed by atoms with Gasteiger partial charge in [0.2, 0.25) is 0 Å². The van der Waals surface area contributed by atoms with E-state index in [1.165, 1.54) is 12.2 Å². The molecule has 0 radical (unpaired) electrons. The summed E-state index contributed by atoms with van der Waals surface area (Å²) in [6, 6.07) is 0. The number of nitrogens with one attached hydrogen (secondary N) is 1. The monoisotopic (exact) mass is 246 g/mol. The topological polar surface area (TPSA) is 93.3 Å². The van der Waals surface area contributed by atoms with Gasteiger partial charge in [0.15, 0.2) is 0 Å². The van der Waals surface area contributed by atoms with E-state index in [1.54, 1.807) is 6.92 Å². The smallest absolute Gasteiger partial charge is 0.318 e. The predicted octanol–water partition coefficient (Wildman–Crippen LogP) is 1.34. The van der Waals surface area contributed by atoms with Crippen LogP contribution in [0.1, 0.15) is 6.92 Å². The Labute approximate surface area is 98.0 Å². The Hall–Kier alpha value is -1.69. The largest absolute Gasteiger partial charge is 0.465 e. The first kappa shape index (κ1) is 14.3. The molecule has 0 amide bonds. The molecule has 1 rings (SSSR count). The third-order valence-corrected chi connectivity index (χ3v) is 1.85. The summed E-state index contributed by atoms with van der Waals surface area (Å²) in [4.78, 5) is 21.0. The standard InChI is InChI=1S/C9H10N2O4.ClH/c1-2-15-9(12)7-4-3-6(11(13)14)5-8(7)10;/h3-5,7,10H,2H2,1H3;1H. The number of carbonyl (C=O) groups is 1. The van der Waals surface area contributed by atoms with Crippen LogP contribution in [0.3, 0.4) is 0 Å². The van der Waals surface area contributed by atoms with Crippen molar-refractivity contribution < 1.29 is 14.5 Å². The molecule has 88 valence electrons. The van der Waals surface area contributed by atoms with Crippen LogP contribution in [0, 0.1) is 21.4 Å². The molecular formula is C9H11ClN2O4. The van der Waals surface area contributed by atoms with E-state index >= 15 is 0 Å². The minimum Gasteiger partial charge on any atom is -0.465 e. The molecule has 1 N–H and O–H groups in total. The highest BCUT2D eigenvalue weighted by molar-refractivity contribution is 6.09. The van der Waals surface area contributed by atoms with Crippen molar-refractivity contribution in [2.24, 2.45) is 5.92 Å². The zero-order chi connectivity index (χ0) is 11.4. The van der Waals surface area contributed by atoms with Crippen molar-refractivity contribution in [2.75, 3.05) is 6.61 Å². The van der Waals surface area contributed by atoms with Gasteiger partial charge in [-0.3, -0.25) is 14.9 Å². The molecule has 1 unspecified atom stereocenters. The average Bonchev–Trinajstić information content (AvgIpc) is 2.17. The number of allylic oxidation sites excluding steroid dienone is 2. The Morgan fingerprint density at radius 2 is 2.31 bits per heavy atom.